The molecule has 2 aromatic rings. The third kappa shape index (κ3) is 4.28. The van der Waals surface area contributed by atoms with Gasteiger partial charge in [-0.3, -0.25) is 4.79 Å². The Kier molecular flexibility index (Phi) is 5.51. The van der Waals surface area contributed by atoms with Crippen molar-refractivity contribution in [1.82, 2.24) is 4.90 Å². The van der Waals surface area contributed by atoms with Gasteiger partial charge in [0.05, 0.1) is 13.2 Å². The minimum absolute atomic E-state index is 0.0325. The van der Waals surface area contributed by atoms with Crippen LogP contribution in [0.1, 0.15) is 22.3 Å². The zero-order valence-electron chi connectivity index (χ0n) is 14.3. The van der Waals surface area contributed by atoms with Gasteiger partial charge in [-0.1, -0.05) is 36.4 Å². The molecular weight excluding hydrogens is 314 g/mol. The number of aliphatic hydroxyl groups is 1. The Morgan fingerprint density at radius 3 is 2.52 bits per heavy atom. The number of carbonyl (C=O) groups excluding carboxylic acids is 1. The molecule has 1 aliphatic rings. The van der Waals surface area contributed by atoms with E-state index in [0.29, 0.717) is 18.5 Å². The number of rotatable bonds is 5. The summed E-state index contributed by atoms with van der Waals surface area (Å²) in [5, 5.41) is 10.5. The Bertz CT molecular complexity index is 725. The highest BCUT2D eigenvalue weighted by Crippen LogP contribution is 2.22. The summed E-state index contributed by atoms with van der Waals surface area (Å²) < 4.78 is 5.12. The van der Waals surface area contributed by atoms with Crippen LogP contribution in [0, 0.1) is 5.92 Å². The zero-order chi connectivity index (χ0) is 17.6. The van der Waals surface area contributed by atoms with Gasteiger partial charge >= 0.3 is 0 Å². The molecule has 1 amide bonds. The monoisotopic (exact) mass is 337 g/mol. The van der Waals surface area contributed by atoms with Crippen LogP contribution in [0.4, 0.5) is 0 Å². The van der Waals surface area contributed by atoms with E-state index in [0.717, 1.165) is 17.7 Å². The Morgan fingerprint density at radius 1 is 1.20 bits per heavy atom. The Balaban J connectivity index is 1.60. The van der Waals surface area contributed by atoms with Gasteiger partial charge in [-0.05, 0) is 42.7 Å². The van der Waals surface area contributed by atoms with Crippen LogP contribution in [0.25, 0.3) is 0 Å². The smallest absolute Gasteiger partial charge is 0.257 e. The van der Waals surface area contributed by atoms with Crippen molar-refractivity contribution in [3.05, 3.63) is 78.0 Å². The van der Waals surface area contributed by atoms with Crippen molar-refractivity contribution >= 4 is 5.91 Å². The first kappa shape index (κ1) is 17.2. The molecule has 2 aromatic carbocycles. The first-order chi connectivity index (χ1) is 12.2. The van der Waals surface area contributed by atoms with E-state index < -0.39 is 6.10 Å². The van der Waals surface area contributed by atoms with Crippen molar-refractivity contribution in [1.29, 1.82) is 0 Å². The molecule has 4 heteroatoms. The lowest BCUT2D eigenvalue weighted by molar-refractivity contribution is 0.0759. The largest absolute Gasteiger partial charge is 0.497 e. The Labute approximate surface area is 148 Å². The van der Waals surface area contributed by atoms with Gasteiger partial charge in [0, 0.05) is 24.2 Å². The minimum Gasteiger partial charge on any atom is -0.497 e. The van der Waals surface area contributed by atoms with Gasteiger partial charge in [0.1, 0.15) is 5.75 Å². The molecule has 4 nitrogen and oxygen atoms in total. The molecule has 0 fully saturated rings. The topological polar surface area (TPSA) is 49.8 Å². The van der Waals surface area contributed by atoms with Gasteiger partial charge in [-0.2, -0.15) is 0 Å². The molecule has 25 heavy (non-hydrogen) atoms. The first-order valence-corrected chi connectivity index (χ1v) is 8.52. The number of hydrogen-bond donors (Lipinski definition) is 1. The van der Waals surface area contributed by atoms with Crippen LogP contribution in [0.5, 0.6) is 5.75 Å². The van der Waals surface area contributed by atoms with E-state index in [2.05, 4.69) is 0 Å². The summed E-state index contributed by atoms with van der Waals surface area (Å²) in [5.41, 5.74) is 1.76. The summed E-state index contributed by atoms with van der Waals surface area (Å²) in [6, 6.07) is 17.1. The molecule has 1 heterocycles. The SMILES string of the molecule is COc1ccc(C(=O)N2C=CC(C(O)Cc3ccccc3)CC2)cc1. The van der Waals surface area contributed by atoms with Crippen LogP contribution in [0.2, 0.25) is 0 Å². The third-order valence-corrected chi connectivity index (χ3v) is 4.60. The number of benzene rings is 2. The van der Waals surface area contributed by atoms with E-state index in [4.69, 9.17) is 4.74 Å². The fraction of sp³-hybridized carbons (Fsp3) is 0.286. The van der Waals surface area contributed by atoms with Gasteiger partial charge in [-0.25, -0.2) is 0 Å². The average molecular weight is 337 g/mol. The molecular formula is C21H23NO3. The van der Waals surface area contributed by atoms with Gasteiger partial charge in [-0.15, -0.1) is 0 Å². The van der Waals surface area contributed by atoms with Crippen molar-refractivity contribution in [2.45, 2.75) is 18.9 Å². The third-order valence-electron chi connectivity index (χ3n) is 4.60. The molecule has 130 valence electrons. The predicted molar refractivity (Wildman–Crippen MR) is 97.4 cm³/mol. The maximum absolute atomic E-state index is 12.5. The molecule has 0 saturated carbocycles. The molecule has 0 spiro atoms. The van der Waals surface area contributed by atoms with E-state index in [9.17, 15) is 9.90 Å². The van der Waals surface area contributed by atoms with Gasteiger partial charge in [0.15, 0.2) is 0 Å². The molecule has 2 unspecified atom stereocenters. The standard InChI is InChI=1S/C21H23NO3/c1-25-19-9-7-18(8-10-19)21(24)22-13-11-17(12-14-22)20(23)15-16-5-3-2-4-6-16/h2-11,13,17,20,23H,12,14-15H2,1H3. The lowest BCUT2D eigenvalue weighted by atomic mass is 9.91. The molecule has 0 aromatic heterocycles. The number of carbonyl (C=O) groups is 1. The van der Waals surface area contributed by atoms with Crippen molar-refractivity contribution in [3.63, 3.8) is 0 Å². The van der Waals surface area contributed by atoms with Crippen molar-refractivity contribution in [3.8, 4) is 5.75 Å². The summed E-state index contributed by atoms with van der Waals surface area (Å²) in [5.74, 6) is 0.768. The van der Waals surface area contributed by atoms with E-state index in [-0.39, 0.29) is 11.8 Å². The second-order valence-electron chi connectivity index (χ2n) is 6.28. The number of methoxy groups -OCH3 is 1. The molecule has 0 saturated heterocycles. The highest BCUT2D eigenvalue weighted by molar-refractivity contribution is 5.95. The van der Waals surface area contributed by atoms with E-state index in [1.54, 1.807) is 42.5 Å². The quantitative estimate of drug-likeness (QED) is 0.911. The van der Waals surface area contributed by atoms with Crippen LogP contribution in [0.3, 0.4) is 0 Å². The molecule has 1 N–H and O–H groups in total. The summed E-state index contributed by atoms with van der Waals surface area (Å²) in [6.07, 6.45) is 4.69. The van der Waals surface area contributed by atoms with E-state index >= 15 is 0 Å². The second-order valence-corrected chi connectivity index (χ2v) is 6.28. The van der Waals surface area contributed by atoms with Crippen LogP contribution in [-0.4, -0.2) is 35.7 Å². The van der Waals surface area contributed by atoms with Gasteiger partial charge < -0.3 is 14.7 Å². The lowest BCUT2D eigenvalue weighted by Crippen LogP contribution is -2.34. The van der Waals surface area contributed by atoms with Gasteiger partial charge in [0.25, 0.3) is 5.91 Å². The number of hydrogen-bond acceptors (Lipinski definition) is 3. The molecule has 2 atom stereocenters. The van der Waals surface area contributed by atoms with E-state index in [1.165, 1.54) is 0 Å². The fourth-order valence-corrected chi connectivity index (χ4v) is 3.07. The summed E-state index contributed by atoms with van der Waals surface area (Å²) in [4.78, 5) is 14.2. The van der Waals surface area contributed by atoms with Crippen LogP contribution >= 0.6 is 0 Å². The minimum atomic E-state index is -0.433. The molecule has 1 aliphatic heterocycles. The van der Waals surface area contributed by atoms with Gasteiger partial charge in [0.2, 0.25) is 0 Å². The number of nitrogens with zero attached hydrogens (tertiary/aromatic N) is 1. The molecule has 0 radical (unpaired) electrons. The number of ether oxygens (including phenoxy) is 1. The highest BCUT2D eigenvalue weighted by atomic mass is 16.5. The molecule has 0 aliphatic carbocycles. The van der Waals surface area contributed by atoms with Crippen LogP contribution < -0.4 is 4.74 Å². The van der Waals surface area contributed by atoms with Crippen LogP contribution in [0.15, 0.2) is 66.9 Å². The van der Waals surface area contributed by atoms with Crippen LogP contribution in [-0.2, 0) is 6.42 Å². The summed E-state index contributed by atoms with van der Waals surface area (Å²) in [6.45, 7) is 0.609. The van der Waals surface area contributed by atoms with E-state index in [1.807, 2.05) is 36.4 Å². The highest BCUT2D eigenvalue weighted by Gasteiger charge is 2.24. The van der Waals surface area contributed by atoms with Crippen molar-refractivity contribution in [2.75, 3.05) is 13.7 Å². The molecule has 0 bridgehead atoms. The number of aliphatic hydroxyl groups excluding tert-OH is 1. The summed E-state index contributed by atoms with van der Waals surface area (Å²) >= 11 is 0. The molecule has 3 rings (SSSR count). The fourth-order valence-electron chi connectivity index (χ4n) is 3.07. The average Bonchev–Trinajstić information content (AvgIpc) is 2.68. The second kappa shape index (κ2) is 7.99. The summed E-state index contributed by atoms with van der Waals surface area (Å²) in [7, 11) is 1.60. The number of amides is 1. The van der Waals surface area contributed by atoms with Crippen molar-refractivity contribution < 1.29 is 14.6 Å². The zero-order valence-corrected chi connectivity index (χ0v) is 14.3. The van der Waals surface area contributed by atoms with Crippen molar-refractivity contribution in [2.24, 2.45) is 5.92 Å². The Morgan fingerprint density at radius 2 is 1.92 bits per heavy atom. The maximum atomic E-state index is 12.5. The lowest BCUT2D eigenvalue weighted by Gasteiger charge is -2.29. The maximum Gasteiger partial charge on any atom is 0.257 e. The Hall–Kier alpha value is -2.59. The predicted octanol–water partition coefficient (Wildman–Crippen LogP) is 3.27. The first-order valence-electron chi connectivity index (χ1n) is 8.52. The normalized spacial score (nSPS) is 18.0.